The van der Waals surface area contributed by atoms with Crippen molar-refractivity contribution in [1.29, 1.82) is 0 Å². The number of rotatable bonds is 8. The number of nitrogens with one attached hydrogen (secondary N) is 1. The predicted molar refractivity (Wildman–Crippen MR) is 109 cm³/mol. The maximum absolute atomic E-state index is 12.7. The number of halogens is 1. The van der Waals surface area contributed by atoms with Crippen molar-refractivity contribution in [2.75, 3.05) is 25.5 Å². The van der Waals surface area contributed by atoms with Gasteiger partial charge < -0.3 is 10.1 Å². The van der Waals surface area contributed by atoms with Gasteiger partial charge in [0, 0.05) is 13.1 Å². The Morgan fingerprint density at radius 1 is 1.31 bits per heavy atom. The number of carbonyl (C=O) groups is 1. The van der Waals surface area contributed by atoms with E-state index in [0.717, 1.165) is 4.31 Å². The number of anilines is 1. The molecular formula is C18H20ClN3O6S. The number of benzene rings is 2. The van der Waals surface area contributed by atoms with E-state index in [1.54, 1.807) is 6.92 Å². The topological polar surface area (TPSA) is 119 Å². The number of nitro benzene ring substituents is 1. The predicted octanol–water partition coefficient (Wildman–Crippen LogP) is 3.21. The second kappa shape index (κ2) is 9.21. The lowest BCUT2D eigenvalue weighted by Crippen LogP contribution is -2.35. The van der Waals surface area contributed by atoms with E-state index in [0.29, 0.717) is 12.4 Å². The van der Waals surface area contributed by atoms with Gasteiger partial charge in [0.05, 0.1) is 39.2 Å². The summed E-state index contributed by atoms with van der Waals surface area (Å²) in [4.78, 5) is 22.7. The van der Waals surface area contributed by atoms with Gasteiger partial charge in [-0.2, -0.15) is 4.31 Å². The minimum atomic E-state index is -3.99. The van der Waals surface area contributed by atoms with E-state index in [1.165, 1.54) is 50.4 Å². The first-order valence-electron chi connectivity index (χ1n) is 8.50. The number of nitro groups is 1. The first-order chi connectivity index (χ1) is 13.6. The van der Waals surface area contributed by atoms with Gasteiger partial charge in [0.2, 0.25) is 15.9 Å². The Balaban J connectivity index is 2.16. The lowest BCUT2D eigenvalue weighted by atomic mass is 10.1. The van der Waals surface area contributed by atoms with Crippen LogP contribution in [0.25, 0.3) is 0 Å². The van der Waals surface area contributed by atoms with E-state index in [4.69, 9.17) is 16.3 Å². The Morgan fingerprint density at radius 3 is 2.59 bits per heavy atom. The fourth-order valence-corrected chi connectivity index (χ4v) is 3.98. The summed E-state index contributed by atoms with van der Waals surface area (Å²) >= 11 is 6.05. The number of likely N-dealkylation sites (N-methyl/N-ethyl adjacent to an activating group) is 1. The maximum Gasteiger partial charge on any atom is 0.274 e. The molecular weight excluding hydrogens is 422 g/mol. The molecule has 0 atom stereocenters. The molecule has 0 aliphatic heterocycles. The molecule has 0 aliphatic rings. The van der Waals surface area contributed by atoms with E-state index in [1.807, 2.05) is 0 Å². The Labute approximate surface area is 173 Å². The number of carbonyl (C=O) groups excluding carboxylic acids is 1. The average molecular weight is 442 g/mol. The minimum Gasteiger partial charge on any atom is -0.492 e. The molecule has 1 amide bonds. The summed E-state index contributed by atoms with van der Waals surface area (Å²) in [6.07, 6.45) is 0. The molecule has 156 valence electrons. The third-order valence-corrected chi connectivity index (χ3v) is 6.15. The summed E-state index contributed by atoms with van der Waals surface area (Å²) in [6.45, 7) is 3.16. The highest BCUT2D eigenvalue weighted by Crippen LogP contribution is 2.29. The first-order valence-corrected chi connectivity index (χ1v) is 10.3. The summed E-state index contributed by atoms with van der Waals surface area (Å²) in [5, 5.41) is 13.6. The Kier molecular flexibility index (Phi) is 7.17. The van der Waals surface area contributed by atoms with Crippen LogP contribution >= 0.6 is 11.6 Å². The third kappa shape index (κ3) is 5.22. The van der Waals surface area contributed by atoms with E-state index in [-0.39, 0.29) is 26.9 Å². The third-order valence-electron chi connectivity index (χ3n) is 4.05. The molecule has 9 nitrogen and oxygen atoms in total. The van der Waals surface area contributed by atoms with Crippen LogP contribution in [-0.4, -0.2) is 43.8 Å². The smallest absolute Gasteiger partial charge is 0.274 e. The fourth-order valence-electron chi connectivity index (χ4n) is 2.53. The van der Waals surface area contributed by atoms with Crippen molar-refractivity contribution in [2.45, 2.75) is 18.7 Å². The van der Waals surface area contributed by atoms with Crippen LogP contribution in [0.5, 0.6) is 5.75 Å². The Morgan fingerprint density at radius 2 is 2.00 bits per heavy atom. The van der Waals surface area contributed by atoms with Crippen molar-refractivity contribution in [1.82, 2.24) is 4.31 Å². The molecule has 0 spiro atoms. The van der Waals surface area contributed by atoms with Crippen LogP contribution in [0.2, 0.25) is 5.02 Å². The number of nitrogens with zero attached hydrogens (tertiary/aromatic N) is 2. The van der Waals surface area contributed by atoms with Crippen LogP contribution in [-0.2, 0) is 14.8 Å². The molecule has 0 saturated heterocycles. The van der Waals surface area contributed by atoms with Crippen molar-refractivity contribution in [2.24, 2.45) is 0 Å². The van der Waals surface area contributed by atoms with Crippen LogP contribution in [0.4, 0.5) is 11.4 Å². The highest BCUT2D eigenvalue weighted by Gasteiger charge is 2.24. The standard InChI is InChI=1S/C18H20ClN3O6S/c1-4-28-17-9-8-13(10-14(17)19)29(26,27)21(3)11-18(23)20-15-6-5-7-16(12(15)2)22(24)25/h5-10H,4,11H2,1-3H3,(H,20,23). The fraction of sp³-hybridized carbons (Fsp3) is 0.278. The summed E-state index contributed by atoms with van der Waals surface area (Å²) in [5.41, 5.74) is 0.363. The van der Waals surface area contributed by atoms with Gasteiger partial charge in [0.25, 0.3) is 5.69 Å². The van der Waals surface area contributed by atoms with Gasteiger partial charge in [-0.1, -0.05) is 17.7 Å². The van der Waals surface area contributed by atoms with Gasteiger partial charge >= 0.3 is 0 Å². The second-order valence-corrected chi connectivity index (χ2v) is 8.49. The van der Waals surface area contributed by atoms with Crippen LogP contribution in [0.1, 0.15) is 12.5 Å². The molecule has 0 unspecified atom stereocenters. The number of hydrogen-bond acceptors (Lipinski definition) is 6. The molecule has 0 aromatic heterocycles. The van der Waals surface area contributed by atoms with Gasteiger partial charge in [0.15, 0.2) is 0 Å². The van der Waals surface area contributed by atoms with Gasteiger partial charge in [-0.15, -0.1) is 0 Å². The lowest BCUT2D eigenvalue weighted by Gasteiger charge is -2.18. The Hall–Kier alpha value is -2.69. The summed E-state index contributed by atoms with van der Waals surface area (Å²) in [5.74, 6) is -0.286. The number of amides is 1. The molecule has 0 fully saturated rings. The molecule has 11 heteroatoms. The SMILES string of the molecule is CCOc1ccc(S(=O)(=O)N(C)CC(=O)Nc2cccc([N+](=O)[O-])c2C)cc1Cl. The van der Waals surface area contributed by atoms with Gasteiger partial charge in [-0.05, 0) is 38.1 Å². The quantitative estimate of drug-likeness (QED) is 0.496. The molecule has 0 saturated carbocycles. The molecule has 0 heterocycles. The zero-order valence-electron chi connectivity index (χ0n) is 16.0. The van der Waals surface area contributed by atoms with Gasteiger partial charge in [-0.3, -0.25) is 14.9 Å². The monoisotopic (exact) mass is 441 g/mol. The molecule has 2 aromatic carbocycles. The normalized spacial score (nSPS) is 11.3. The summed E-state index contributed by atoms with van der Waals surface area (Å²) < 4.78 is 31.6. The number of hydrogen-bond donors (Lipinski definition) is 1. The van der Waals surface area contributed by atoms with Crippen molar-refractivity contribution in [3.63, 3.8) is 0 Å². The van der Waals surface area contributed by atoms with Crippen LogP contribution in [0, 0.1) is 17.0 Å². The molecule has 0 radical (unpaired) electrons. The zero-order chi connectivity index (χ0) is 21.8. The summed E-state index contributed by atoms with van der Waals surface area (Å²) in [7, 11) is -2.74. The van der Waals surface area contributed by atoms with Crippen molar-refractivity contribution >= 4 is 38.9 Å². The van der Waals surface area contributed by atoms with Crippen molar-refractivity contribution in [3.05, 3.63) is 57.1 Å². The molecule has 2 aromatic rings. The van der Waals surface area contributed by atoms with E-state index >= 15 is 0 Å². The van der Waals surface area contributed by atoms with Gasteiger partial charge in [0.1, 0.15) is 5.75 Å². The molecule has 0 aliphatic carbocycles. The molecule has 2 rings (SSSR count). The lowest BCUT2D eigenvalue weighted by molar-refractivity contribution is -0.385. The van der Waals surface area contributed by atoms with E-state index < -0.39 is 27.4 Å². The van der Waals surface area contributed by atoms with E-state index in [2.05, 4.69) is 5.32 Å². The molecule has 0 bridgehead atoms. The van der Waals surface area contributed by atoms with Crippen LogP contribution < -0.4 is 10.1 Å². The second-order valence-electron chi connectivity index (χ2n) is 6.04. The van der Waals surface area contributed by atoms with Gasteiger partial charge in [-0.25, -0.2) is 8.42 Å². The molecule has 29 heavy (non-hydrogen) atoms. The Bertz CT molecular complexity index is 1040. The average Bonchev–Trinajstić information content (AvgIpc) is 2.64. The highest BCUT2D eigenvalue weighted by molar-refractivity contribution is 7.89. The van der Waals surface area contributed by atoms with Crippen LogP contribution in [0.15, 0.2) is 41.3 Å². The van der Waals surface area contributed by atoms with E-state index in [9.17, 15) is 23.3 Å². The minimum absolute atomic E-state index is 0.0900. The summed E-state index contributed by atoms with van der Waals surface area (Å²) in [6, 6.07) is 8.28. The zero-order valence-corrected chi connectivity index (χ0v) is 17.6. The number of sulfonamides is 1. The van der Waals surface area contributed by atoms with Crippen molar-refractivity contribution in [3.8, 4) is 5.75 Å². The van der Waals surface area contributed by atoms with Crippen molar-refractivity contribution < 1.29 is 22.9 Å². The molecule has 1 N–H and O–H groups in total. The maximum atomic E-state index is 12.7. The highest BCUT2D eigenvalue weighted by atomic mass is 35.5. The number of ether oxygens (including phenoxy) is 1. The largest absolute Gasteiger partial charge is 0.492 e. The van der Waals surface area contributed by atoms with Crippen LogP contribution in [0.3, 0.4) is 0 Å². The first kappa shape index (κ1) is 22.6.